The molecule has 1 aromatic carbocycles. The van der Waals surface area contributed by atoms with Gasteiger partial charge in [-0.2, -0.15) is 0 Å². The van der Waals surface area contributed by atoms with Gasteiger partial charge in [0.25, 0.3) is 5.91 Å². The number of carboxylic acids is 1. The number of carboxylic acid groups (broad SMARTS) is 1. The number of hydrogen-bond acceptors (Lipinski definition) is 5. The van der Waals surface area contributed by atoms with Crippen LogP contribution in [0.25, 0.3) is 10.4 Å². The average Bonchev–Trinajstić information content (AvgIpc) is 3.30. The minimum absolute atomic E-state index is 0.0122. The minimum atomic E-state index is -1.04. The lowest BCUT2D eigenvalue weighted by molar-refractivity contribution is -0.123. The fourth-order valence-corrected chi connectivity index (χ4v) is 5.85. The van der Waals surface area contributed by atoms with E-state index in [1.165, 1.54) is 0 Å². The number of carbonyl (C=O) groups excluding carboxylic acids is 2. The van der Waals surface area contributed by atoms with Crippen molar-refractivity contribution in [1.29, 1.82) is 0 Å². The Balaban J connectivity index is 1.58. The molecule has 0 aliphatic heterocycles. The van der Waals surface area contributed by atoms with E-state index in [9.17, 15) is 19.5 Å². The van der Waals surface area contributed by atoms with E-state index in [2.05, 4.69) is 17.2 Å². The molecule has 3 aromatic rings. The molecule has 2 heterocycles. The molecule has 8 heteroatoms. The second-order valence-electron chi connectivity index (χ2n) is 10.1. The molecule has 1 fully saturated rings. The summed E-state index contributed by atoms with van der Waals surface area (Å²) in [6.45, 7) is 7.90. The Morgan fingerprint density at radius 1 is 1.08 bits per heavy atom. The van der Waals surface area contributed by atoms with Crippen molar-refractivity contribution in [3.63, 3.8) is 0 Å². The fourth-order valence-electron chi connectivity index (χ4n) is 4.86. The highest BCUT2D eigenvalue weighted by Gasteiger charge is 2.33. The first-order chi connectivity index (χ1) is 17.7. The van der Waals surface area contributed by atoms with Gasteiger partial charge in [-0.3, -0.25) is 14.6 Å². The molecule has 2 aromatic heterocycles. The molecule has 2 amide bonds. The van der Waals surface area contributed by atoms with Crippen molar-refractivity contribution < 1.29 is 19.5 Å². The molecule has 0 spiro atoms. The van der Waals surface area contributed by atoms with E-state index in [0.29, 0.717) is 22.9 Å². The summed E-state index contributed by atoms with van der Waals surface area (Å²) in [6.07, 6.45) is 6.95. The van der Waals surface area contributed by atoms with Crippen LogP contribution in [0.5, 0.6) is 0 Å². The van der Waals surface area contributed by atoms with Crippen LogP contribution in [0.2, 0.25) is 0 Å². The first kappa shape index (κ1) is 26.5. The van der Waals surface area contributed by atoms with E-state index in [1.54, 1.807) is 35.5 Å². The lowest BCUT2D eigenvalue weighted by Crippen LogP contribution is -2.42. The highest BCUT2D eigenvalue weighted by molar-refractivity contribution is 7.18. The highest BCUT2D eigenvalue weighted by atomic mass is 32.1. The van der Waals surface area contributed by atoms with Gasteiger partial charge in [0.2, 0.25) is 5.91 Å². The van der Waals surface area contributed by atoms with E-state index in [-0.39, 0.29) is 28.7 Å². The molecule has 0 saturated heterocycles. The van der Waals surface area contributed by atoms with Gasteiger partial charge >= 0.3 is 5.97 Å². The molecule has 0 bridgehead atoms. The standard InChI is InChI=1S/C29H33N3O4S/c1-17(2)32(28(34)21-7-5-18(3)6-8-21)24-15-25(37-26(24)29(35)36)20-9-11-22(12-10-20)31-27(33)23-13-14-30-16-19(23)4/h9-18,21H,5-8H2,1-4H3,(H,31,33)(H,35,36). The van der Waals surface area contributed by atoms with Crippen LogP contribution in [0.3, 0.4) is 0 Å². The number of pyridine rings is 1. The third-order valence-electron chi connectivity index (χ3n) is 6.98. The quantitative estimate of drug-likeness (QED) is 0.365. The molecule has 4 rings (SSSR count). The summed E-state index contributed by atoms with van der Waals surface area (Å²) in [4.78, 5) is 45.0. The molecule has 2 N–H and O–H groups in total. The second-order valence-corrected chi connectivity index (χ2v) is 11.2. The molecule has 0 unspecified atom stereocenters. The van der Waals surface area contributed by atoms with E-state index < -0.39 is 5.97 Å². The van der Waals surface area contributed by atoms with Gasteiger partial charge in [0.05, 0.1) is 5.69 Å². The number of anilines is 2. The number of nitrogens with zero attached hydrogens (tertiary/aromatic N) is 2. The van der Waals surface area contributed by atoms with Crippen LogP contribution in [0, 0.1) is 18.8 Å². The number of amides is 2. The van der Waals surface area contributed by atoms with Crippen molar-refractivity contribution in [2.45, 2.75) is 59.4 Å². The number of rotatable bonds is 7. The van der Waals surface area contributed by atoms with Gasteiger partial charge in [-0.1, -0.05) is 19.1 Å². The lowest BCUT2D eigenvalue weighted by atomic mass is 9.82. The van der Waals surface area contributed by atoms with E-state index in [4.69, 9.17) is 0 Å². The molecule has 1 aliphatic rings. The molecule has 0 radical (unpaired) electrons. The van der Waals surface area contributed by atoms with E-state index >= 15 is 0 Å². The highest BCUT2D eigenvalue weighted by Crippen LogP contribution is 2.40. The number of aromatic carboxylic acids is 1. The zero-order valence-corrected chi connectivity index (χ0v) is 22.5. The smallest absolute Gasteiger partial charge is 0.348 e. The Hall–Kier alpha value is -3.52. The predicted molar refractivity (Wildman–Crippen MR) is 147 cm³/mol. The summed E-state index contributed by atoms with van der Waals surface area (Å²) in [7, 11) is 0. The maximum absolute atomic E-state index is 13.5. The van der Waals surface area contributed by atoms with Crippen LogP contribution in [0.15, 0.2) is 48.8 Å². The summed E-state index contributed by atoms with van der Waals surface area (Å²) < 4.78 is 0. The second kappa shape index (κ2) is 11.3. The van der Waals surface area contributed by atoms with Crippen molar-refractivity contribution in [2.75, 3.05) is 10.2 Å². The number of hydrogen-bond donors (Lipinski definition) is 2. The third kappa shape index (κ3) is 5.91. The molecule has 1 aliphatic carbocycles. The van der Waals surface area contributed by atoms with Crippen LogP contribution in [0.4, 0.5) is 11.4 Å². The van der Waals surface area contributed by atoms with Gasteiger partial charge in [0.15, 0.2) is 0 Å². The summed E-state index contributed by atoms with van der Waals surface area (Å²) in [5, 5.41) is 12.9. The Bertz CT molecular complexity index is 1290. The SMILES string of the molecule is Cc1cnccc1C(=O)Nc1ccc(-c2cc(N(C(=O)C3CCC(C)CC3)C(C)C)c(C(=O)O)s2)cc1. The summed E-state index contributed by atoms with van der Waals surface area (Å²) in [6, 6.07) is 10.6. The Morgan fingerprint density at radius 3 is 2.35 bits per heavy atom. The zero-order chi connectivity index (χ0) is 26.7. The summed E-state index contributed by atoms with van der Waals surface area (Å²) >= 11 is 1.16. The summed E-state index contributed by atoms with van der Waals surface area (Å²) in [5.41, 5.74) is 3.25. The number of aryl methyl sites for hydroxylation is 1. The monoisotopic (exact) mass is 519 g/mol. The Labute approximate surface area is 221 Å². The van der Waals surface area contributed by atoms with Gasteiger partial charge in [0, 0.05) is 40.5 Å². The molecule has 194 valence electrons. The van der Waals surface area contributed by atoms with Crippen LogP contribution in [-0.4, -0.2) is 33.9 Å². The van der Waals surface area contributed by atoms with Crippen molar-refractivity contribution in [3.8, 4) is 10.4 Å². The average molecular weight is 520 g/mol. The Morgan fingerprint density at radius 2 is 1.76 bits per heavy atom. The van der Waals surface area contributed by atoms with Crippen LogP contribution < -0.4 is 10.2 Å². The van der Waals surface area contributed by atoms with Crippen LogP contribution in [0.1, 0.15) is 72.0 Å². The van der Waals surface area contributed by atoms with Crippen molar-refractivity contribution in [2.24, 2.45) is 11.8 Å². The first-order valence-corrected chi connectivity index (χ1v) is 13.5. The topological polar surface area (TPSA) is 99.6 Å². The Kier molecular flexibility index (Phi) is 8.07. The number of carbonyl (C=O) groups is 3. The summed E-state index contributed by atoms with van der Waals surface area (Å²) in [5.74, 6) is -0.699. The van der Waals surface area contributed by atoms with Crippen molar-refractivity contribution >= 4 is 40.5 Å². The largest absolute Gasteiger partial charge is 0.477 e. The lowest BCUT2D eigenvalue weighted by Gasteiger charge is -2.33. The van der Waals surface area contributed by atoms with Crippen LogP contribution in [-0.2, 0) is 4.79 Å². The number of thiophene rings is 1. The maximum Gasteiger partial charge on any atom is 0.348 e. The molecule has 7 nitrogen and oxygen atoms in total. The normalized spacial score (nSPS) is 17.4. The third-order valence-corrected chi connectivity index (χ3v) is 8.14. The molecule has 0 atom stereocenters. The number of benzene rings is 1. The van der Waals surface area contributed by atoms with E-state index in [0.717, 1.165) is 53.0 Å². The van der Waals surface area contributed by atoms with Crippen molar-refractivity contribution in [1.82, 2.24) is 4.98 Å². The predicted octanol–water partition coefficient (Wildman–Crippen LogP) is 6.64. The molecular weight excluding hydrogens is 486 g/mol. The van der Waals surface area contributed by atoms with Crippen molar-refractivity contribution in [3.05, 3.63) is 64.8 Å². The van der Waals surface area contributed by atoms with Gasteiger partial charge in [0.1, 0.15) is 4.88 Å². The van der Waals surface area contributed by atoms with Gasteiger partial charge in [-0.15, -0.1) is 11.3 Å². The first-order valence-electron chi connectivity index (χ1n) is 12.7. The zero-order valence-electron chi connectivity index (χ0n) is 21.7. The number of nitrogens with one attached hydrogen (secondary N) is 1. The number of aromatic nitrogens is 1. The fraction of sp³-hybridized carbons (Fsp3) is 0.379. The van der Waals surface area contributed by atoms with Gasteiger partial charge < -0.3 is 15.3 Å². The van der Waals surface area contributed by atoms with Crippen LogP contribution >= 0.6 is 11.3 Å². The van der Waals surface area contributed by atoms with Gasteiger partial charge in [-0.25, -0.2) is 4.79 Å². The van der Waals surface area contributed by atoms with Gasteiger partial charge in [-0.05, 0) is 87.8 Å². The molecule has 37 heavy (non-hydrogen) atoms. The molecule has 1 saturated carbocycles. The maximum atomic E-state index is 13.5. The molecular formula is C29H33N3O4S. The van der Waals surface area contributed by atoms with E-state index in [1.807, 2.05) is 39.0 Å². The minimum Gasteiger partial charge on any atom is -0.477 e.